The summed E-state index contributed by atoms with van der Waals surface area (Å²) in [5, 5.41) is 4.53. The van der Waals surface area contributed by atoms with Crippen LogP contribution in [0.2, 0.25) is 0 Å². The summed E-state index contributed by atoms with van der Waals surface area (Å²) in [7, 11) is 0. The van der Waals surface area contributed by atoms with E-state index in [2.05, 4.69) is 133 Å². The van der Waals surface area contributed by atoms with Gasteiger partial charge in [-0.15, -0.1) is 0 Å². The van der Waals surface area contributed by atoms with Crippen molar-refractivity contribution in [3.8, 4) is 56.2 Å². The highest BCUT2D eigenvalue weighted by molar-refractivity contribution is 6.15. The van der Waals surface area contributed by atoms with Gasteiger partial charge in [0.25, 0.3) is 0 Å². The van der Waals surface area contributed by atoms with Crippen LogP contribution in [0.3, 0.4) is 0 Å². The lowest BCUT2D eigenvalue weighted by atomic mass is 9.94. The molecule has 3 nitrogen and oxygen atoms in total. The summed E-state index contributed by atoms with van der Waals surface area (Å²) < 4.78 is 6.44. The summed E-state index contributed by atoms with van der Waals surface area (Å²) in [6.45, 7) is 0. The van der Waals surface area contributed by atoms with E-state index in [9.17, 15) is 0 Å². The molecule has 0 aliphatic rings. The van der Waals surface area contributed by atoms with Crippen LogP contribution in [-0.2, 0) is 0 Å². The smallest absolute Gasteiger partial charge is 0.160 e. The molecular weight excluding hydrogens is 572 g/mol. The molecule has 0 atom stereocenters. The predicted octanol–water partition coefficient (Wildman–Crippen LogP) is 11.9. The van der Waals surface area contributed by atoms with E-state index in [1.54, 1.807) is 0 Å². The van der Waals surface area contributed by atoms with Crippen LogP contribution < -0.4 is 0 Å². The second-order valence-electron chi connectivity index (χ2n) is 11.8. The lowest BCUT2D eigenvalue weighted by Crippen LogP contribution is -1.96. The normalized spacial score (nSPS) is 11.4. The number of hydrogen-bond donors (Lipinski definition) is 0. The van der Waals surface area contributed by atoms with Gasteiger partial charge in [0.15, 0.2) is 5.82 Å². The Labute approximate surface area is 272 Å². The summed E-state index contributed by atoms with van der Waals surface area (Å²) in [5.41, 5.74) is 11.1. The third kappa shape index (κ3) is 4.95. The number of benzene rings is 7. The summed E-state index contributed by atoms with van der Waals surface area (Å²) in [5.74, 6) is 0.701. The average Bonchev–Trinajstić information content (AvgIpc) is 3.54. The lowest BCUT2D eigenvalue weighted by molar-refractivity contribution is 0.672. The van der Waals surface area contributed by atoms with Crippen molar-refractivity contribution in [3.05, 3.63) is 170 Å². The molecule has 220 valence electrons. The van der Waals surface area contributed by atoms with Crippen molar-refractivity contribution in [1.82, 2.24) is 9.97 Å². The molecule has 0 N–H and O–H groups in total. The number of fused-ring (bicyclic) bond motifs is 5. The molecule has 0 aliphatic heterocycles. The first-order valence-corrected chi connectivity index (χ1v) is 15.8. The fraction of sp³-hybridized carbons (Fsp3) is 0. The minimum absolute atomic E-state index is 0.701. The molecule has 47 heavy (non-hydrogen) atoms. The molecular formula is C44H28N2O. The summed E-state index contributed by atoms with van der Waals surface area (Å²) in [6.07, 6.45) is 0. The maximum Gasteiger partial charge on any atom is 0.160 e. The van der Waals surface area contributed by atoms with Crippen molar-refractivity contribution in [1.29, 1.82) is 0 Å². The lowest BCUT2D eigenvalue weighted by Gasteiger charge is -2.13. The highest BCUT2D eigenvalue weighted by Gasteiger charge is 2.15. The number of nitrogens with zero attached hydrogens (tertiary/aromatic N) is 2. The van der Waals surface area contributed by atoms with E-state index in [0.717, 1.165) is 77.7 Å². The molecule has 2 heterocycles. The van der Waals surface area contributed by atoms with Crippen LogP contribution in [0.4, 0.5) is 0 Å². The minimum atomic E-state index is 0.701. The maximum absolute atomic E-state index is 6.44. The first kappa shape index (κ1) is 27.0. The highest BCUT2D eigenvalue weighted by Crippen LogP contribution is 2.39. The fourth-order valence-corrected chi connectivity index (χ4v) is 6.49. The van der Waals surface area contributed by atoms with Gasteiger partial charge in [-0.3, -0.25) is 0 Å². The molecule has 0 amide bonds. The van der Waals surface area contributed by atoms with Gasteiger partial charge in [0.05, 0.1) is 11.4 Å². The molecule has 3 heteroatoms. The van der Waals surface area contributed by atoms with Crippen LogP contribution in [0, 0.1) is 0 Å². The van der Waals surface area contributed by atoms with E-state index in [-0.39, 0.29) is 0 Å². The highest BCUT2D eigenvalue weighted by atomic mass is 16.3. The first-order chi connectivity index (χ1) is 23.3. The largest absolute Gasteiger partial charge is 0.455 e. The number of aromatic nitrogens is 2. The molecule has 0 saturated heterocycles. The molecule has 0 saturated carbocycles. The van der Waals surface area contributed by atoms with Gasteiger partial charge in [0.1, 0.15) is 11.2 Å². The number of rotatable bonds is 5. The Morgan fingerprint density at radius 2 is 0.936 bits per heavy atom. The molecule has 0 spiro atoms. The maximum atomic E-state index is 6.44. The third-order valence-corrected chi connectivity index (χ3v) is 8.86. The molecule has 0 fully saturated rings. The quantitative estimate of drug-likeness (QED) is 0.197. The van der Waals surface area contributed by atoms with Gasteiger partial charge >= 0.3 is 0 Å². The molecule has 9 rings (SSSR count). The van der Waals surface area contributed by atoms with Crippen molar-refractivity contribution >= 4 is 32.7 Å². The standard InChI is InChI=1S/C44H28N2O/c1-4-12-29(13-5-1)34-24-35(33-21-23-42-39(27-33)38-22-20-30-14-10-11-19-37(30)43(38)47-42)26-36(25-34)41-28-40(31-15-6-2-7-16-31)45-44(46-41)32-17-8-3-9-18-32/h1-28H. The third-order valence-electron chi connectivity index (χ3n) is 8.86. The zero-order valence-electron chi connectivity index (χ0n) is 25.5. The van der Waals surface area contributed by atoms with Crippen LogP contribution in [0.25, 0.3) is 88.9 Å². The molecule has 0 bridgehead atoms. The Balaban J connectivity index is 1.26. The van der Waals surface area contributed by atoms with Crippen LogP contribution in [0.5, 0.6) is 0 Å². The Morgan fingerprint density at radius 3 is 1.68 bits per heavy atom. The predicted molar refractivity (Wildman–Crippen MR) is 194 cm³/mol. The van der Waals surface area contributed by atoms with Gasteiger partial charge in [-0.05, 0) is 70.1 Å². The van der Waals surface area contributed by atoms with Gasteiger partial charge in [-0.25, -0.2) is 9.97 Å². The number of hydrogen-bond acceptors (Lipinski definition) is 3. The van der Waals surface area contributed by atoms with Crippen LogP contribution in [-0.4, -0.2) is 9.97 Å². The van der Waals surface area contributed by atoms with Crippen LogP contribution in [0.1, 0.15) is 0 Å². The van der Waals surface area contributed by atoms with E-state index in [0.29, 0.717) is 5.82 Å². The van der Waals surface area contributed by atoms with E-state index < -0.39 is 0 Å². The second kappa shape index (κ2) is 11.2. The molecule has 0 radical (unpaired) electrons. The second-order valence-corrected chi connectivity index (χ2v) is 11.8. The summed E-state index contributed by atoms with van der Waals surface area (Å²) >= 11 is 0. The van der Waals surface area contributed by atoms with E-state index in [1.165, 1.54) is 5.39 Å². The molecule has 9 aromatic rings. The monoisotopic (exact) mass is 600 g/mol. The van der Waals surface area contributed by atoms with E-state index >= 15 is 0 Å². The fourth-order valence-electron chi connectivity index (χ4n) is 6.49. The van der Waals surface area contributed by atoms with Gasteiger partial charge in [-0.2, -0.15) is 0 Å². The van der Waals surface area contributed by atoms with Crippen molar-refractivity contribution in [2.75, 3.05) is 0 Å². The van der Waals surface area contributed by atoms with Gasteiger partial charge in [-0.1, -0.05) is 127 Å². The molecule has 0 unspecified atom stereocenters. The number of furan rings is 1. The Kier molecular flexibility index (Phi) is 6.46. The van der Waals surface area contributed by atoms with Crippen molar-refractivity contribution in [2.24, 2.45) is 0 Å². The van der Waals surface area contributed by atoms with Gasteiger partial charge < -0.3 is 4.42 Å². The average molecular weight is 601 g/mol. The van der Waals surface area contributed by atoms with E-state index in [1.807, 2.05) is 36.4 Å². The molecule has 0 aliphatic carbocycles. The first-order valence-electron chi connectivity index (χ1n) is 15.8. The van der Waals surface area contributed by atoms with Crippen LogP contribution in [0.15, 0.2) is 174 Å². The van der Waals surface area contributed by atoms with Gasteiger partial charge in [0.2, 0.25) is 0 Å². The Bertz CT molecular complexity index is 2500. The van der Waals surface area contributed by atoms with Crippen LogP contribution >= 0.6 is 0 Å². The zero-order chi connectivity index (χ0) is 31.2. The van der Waals surface area contributed by atoms with Crippen molar-refractivity contribution in [3.63, 3.8) is 0 Å². The van der Waals surface area contributed by atoms with Crippen molar-refractivity contribution < 1.29 is 4.42 Å². The van der Waals surface area contributed by atoms with Gasteiger partial charge in [0, 0.05) is 32.8 Å². The zero-order valence-corrected chi connectivity index (χ0v) is 25.5. The van der Waals surface area contributed by atoms with Crippen molar-refractivity contribution in [2.45, 2.75) is 0 Å². The topological polar surface area (TPSA) is 38.9 Å². The molecule has 7 aromatic carbocycles. The summed E-state index contributed by atoms with van der Waals surface area (Å²) in [6, 6.07) is 59.2. The SMILES string of the molecule is c1ccc(-c2cc(-c3ccc4oc5c6ccccc6ccc5c4c3)cc(-c3cc(-c4ccccc4)nc(-c4ccccc4)n3)c2)cc1. The minimum Gasteiger partial charge on any atom is -0.455 e. The van der Waals surface area contributed by atoms with E-state index in [4.69, 9.17) is 14.4 Å². The Morgan fingerprint density at radius 1 is 0.340 bits per heavy atom. The Hall–Kier alpha value is -6.32. The molecule has 2 aromatic heterocycles. The summed E-state index contributed by atoms with van der Waals surface area (Å²) in [4.78, 5) is 10.2.